The van der Waals surface area contributed by atoms with Crippen LogP contribution in [0.1, 0.15) is 36.5 Å². The Kier molecular flexibility index (Phi) is 7.49. The second kappa shape index (κ2) is 9.81. The van der Waals surface area contributed by atoms with Crippen molar-refractivity contribution in [2.24, 2.45) is 10.9 Å². The van der Waals surface area contributed by atoms with E-state index < -0.39 is 29.5 Å². The number of benzene rings is 1. The molecule has 4 nitrogen and oxygen atoms in total. The summed E-state index contributed by atoms with van der Waals surface area (Å²) in [4.78, 5) is 18.5. The van der Waals surface area contributed by atoms with Gasteiger partial charge in [0.15, 0.2) is 0 Å². The summed E-state index contributed by atoms with van der Waals surface area (Å²) in [5.41, 5.74) is -2.78. The van der Waals surface area contributed by atoms with E-state index in [9.17, 15) is 31.1 Å². The molecule has 2 aliphatic heterocycles. The van der Waals surface area contributed by atoms with E-state index in [2.05, 4.69) is 16.2 Å². The quantitative estimate of drug-likeness (QED) is 0.436. The van der Waals surface area contributed by atoms with E-state index in [0.717, 1.165) is 17.8 Å². The molecule has 1 N–H and O–H groups in total. The summed E-state index contributed by atoms with van der Waals surface area (Å²) < 4.78 is 78.8. The van der Waals surface area contributed by atoms with Crippen LogP contribution in [-0.2, 0) is 18.9 Å². The van der Waals surface area contributed by atoms with Crippen molar-refractivity contribution in [2.45, 2.75) is 44.7 Å². The zero-order valence-corrected chi connectivity index (χ0v) is 18.4. The maximum absolute atomic E-state index is 13.4. The minimum atomic E-state index is -4.89. The molecule has 0 aliphatic carbocycles. The van der Waals surface area contributed by atoms with Crippen LogP contribution in [0.3, 0.4) is 0 Å². The Balaban J connectivity index is 1.69. The van der Waals surface area contributed by atoms with Crippen LogP contribution in [0.2, 0.25) is 0 Å². The molecule has 0 spiro atoms. The van der Waals surface area contributed by atoms with Gasteiger partial charge in [-0.1, -0.05) is 18.1 Å². The van der Waals surface area contributed by atoms with Gasteiger partial charge in [-0.15, -0.1) is 6.42 Å². The number of halogens is 6. The molecule has 0 radical (unpaired) electrons. The number of rotatable bonds is 4. The van der Waals surface area contributed by atoms with Crippen molar-refractivity contribution < 1.29 is 31.1 Å². The Labute approximate surface area is 191 Å². The number of nitrogens with one attached hydrogen (secondary N) is 1. The van der Waals surface area contributed by atoms with Crippen LogP contribution in [0.25, 0.3) is 0 Å². The van der Waals surface area contributed by atoms with Crippen LogP contribution in [0.5, 0.6) is 0 Å². The fraction of sp³-hybridized carbons (Fsp3) is 0.455. The molecule has 33 heavy (non-hydrogen) atoms. The Morgan fingerprint density at radius 2 is 1.91 bits per heavy atom. The highest BCUT2D eigenvalue weighted by molar-refractivity contribution is 8.18. The minimum Gasteiger partial charge on any atom is -0.300 e. The van der Waals surface area contributed by atoms with Crippen molar-refractivity contribution in [1.29, 1.82) is 0 Å². The standard InChI is InChI=1S/C22H21F6N3OS/c1-3-13(2)29-19-18(33-20(32)30-19)10-14-6-8-31(9-7-14)12-15-4-5-16(21(23,24)25)11-17(15)22(26,27)28/h1,4-5,10-11,13-14H,6-9,12H2,2H3,(H,29,30,32). The van der Waals surface area contributed by atoms with Gasteiger partial charge in [-0.2, -0.15) is 26.3 Å². The Morgan fingerprint density at radius 1 is 1.24 bits per heavy atom. The zero-order valence-electron chi connectivity index (χ0n) is 17.6. The summed E-state index contributed by atoms with van der Waals surface area (Å²) in [6.45, 7) is 2.55. The number of alkyl halides is 6. The fourth-order valence-electron chi connectivity index (χ4n) is 3.66. The molecule has 1 atom stereocenters. The number of amidine groups is 1. The number of aliphatic imine (C=N–C) groups is 1. The lowest BCUT2D eigenvalue weighted by molar-refractivity contribution is -0.143. The lowest BCUT2D eigenvalue weighted by atomic mass is 9.95. The molecule has 0 bridgehead atoms. The van der Waals surface area contributed by atoms with Gasteiger partial charge < -0.3 is 5.32 Å². The summed E-state index contributed by atoms with van der Waals surface area (Å²) in [6.07, 6.45) is -1.24. The smallest absolute Gasteiger partial charge is 0.300 e. The number of terminal acetylenes is 1. The van der Waals surface area contributed by atoms with Crippen molar-refractivity contribution >= 4 is 22.8 Å². The van der Waals surface area contributed by atoms with Gasteiger partial charge in [-0.25, -0.2) is 0 Å². The molecule has 178 valence electrons. The van der Waals surface area contributed by atoms with Gasteiger partial charge in [-0.3, -0.25) is 14.7 Å². The van der Waals surface area contributed by atoms with Crippen molar-refractivity contribution in [3.05, 3.63) is 45.9 Å². The highest BCUT2D eigenvalue weighted by atomic mass is 32.2. The third kappa shape index (κ3) is 6.54. The average Bonchev–Trinajstić information content (AvgIpc) is 3.06. The van der Waals surface area contributed by atoms with E-state index >= 15 is 0 Å². The monoisotopic (exact) mass is 489 g/mol. The third-order valence-corrected chi connectivity index (χ3v) is 6.21. The van der Waals surface area contributed by atoms with Crippen LogP contribution in [0, 0.1) is 18.3 Å². The fourth-order valence-corrected chi connectivity index (χ4v) is 4.47. The maximum atomic E-state index is 13.4. The first-order valence-electron chi connectivity index (χ1n) is 10.1. The number of thioether (sulfide) groups is 1. The second-order valence-electron chi connectivity index (χ2n) is 7.85. The van der Waals surface area contributed by atoms with E-state index in [4.69, 9.17) is 6.42 Å². The summed E-state index contributed by atoms with van der Waals surface area (Å²) in [5, 5.41) is 2.39. The second-order valence-corrected chi connectivity index (χ2v) is 8.86. The first kappa shape index (κ1) is 25.2. The van der Waals surface area contributed by atoms with Crippen molar-refractivity contribution in [3.8, 4) is 12.3 Å². The highest BCUT2D eigenvalue weighted by Crippen LogP contribution is 2.38. The topological polar surface area (TPSA) is 44.7 Å². The Bertz CT molecular complexity index is 1000. The minimum absolute atomic E-state index is 0.0810. The summed E-state index contributed by atoms with van der Waals surface area (Å²) in [6, 6.07) is 1.35. The molecule has 2 fully saturated rings. The third-order valence-electron chi connectivity index (χ3n) is 5.38. The first-order chi connectivity index (χ1) is 15.4. The van der Waals surface area contributed by atoms with E-state index in [-0.39, 0.29) is 29.3 Å². The van der Waals surface area contributed by atoms with Gasteiger partial charge in [-0.05, 0) is 68.2 Å². The van der Waals surface area contributed by atoms with E-state index in [1.165, 1.54) is 0 Å². The number of carbonyl (C=O) groups is 1. The van der Waals surface area contributed by atoms with Gasteiger partial charge in [0.25, 0.3) is 5.24 Å². The molecule has 1 aromatic carbocycles. The van der Waals surface area contributed by atoms with Crippen molar-refractivity contribution in [3.63, 3.8) is 0 Å². The number of hydrogen-bond donors (Lipinski definition) is 1. The van der Waals surface area contributed by atoms with Crippen LogP contribution < -0.4 is 5.32 Å². The normalized spacial score (nSPS) is 21.9. The van der Waals surface area contributed by atoms with Crippen molar-refractivity contribution in [2.75, 3.05) is 13.1 Å². The number of piperidine rings is 1. The molecule has 0 aromatic heterocycles. The Hall–Kier alpha value is -2.45. The molecule has 2 aliphatic rings. The molecular formula is C22H21F6N3OS. The van der Waals surface area contributed by atoms with E-state index in [1.807, 2.05) is 6.08 Å². The molecule has 1 aromatic rings. The maximum Gasteiger partial charge on any atom is 0.416 e. The van der Waals surface area contributed by atoms with Gasteiger partial charge in [0, 0.05) is 6.54 Å². The molecule has 1 unspecified atom stereocenters. The summed E-state index contributed by atoms with van der Waals surface area (Å²) in [7, 11) is 0. The van der Waals surface area contributed by atoms with Crippen LogP contribution in [0.15, 0.2) is 34.2 Å². The highest BCUT2D eigenvalue weighted by Gasteiger charge is 2.38. The van der Waals surface area contributed by atoms with Crippen LogP contribution in [0.4, 0.5) is 31.1 Å². The lowest BCUT2D eigenvalue weighted by Crippen LogP contribution is -2.33. The number of nitrogens with zero attached hydrogens (tertiary/aromatic N) is 2. The predicted octanol–water partition coefficient (Wildman–Crippen LogP) is 5.70. The molecule has 0 saturated carbocycles. The predicted molar refractivity (Wildman–Crippen MR) is 114 cm³/mol. The van der Waals surface area contributed by atoms with E-state index in [1.54, 1.807) is 11.8 Å². The SMILES string of the molecule is C#CC(C)N=C1NC(=O)SC1=CC1CCN(Cc2ccc(C(F)(F)F)cc2C(F)(F)F)CC1. The molecule has 2 saturated heterocycles. The molecule has 2 heterocycles. The van der Waals surface area contributed by atoms with Crippen LogP contribution in [-0.4, -0.2) is 35.1 Å². The first-order valence-corrected chi connectivity index (χ1v) is 10.9. The number of likely N-dealkylation sites (tertiary alicyclic amines) is 1. The summed E-state index contributed by atoms with van der Waals surface area (Å²) in [5.74, 6) is 2.96. The average molecular weight is 489 g/mol. The van der Waals surface area contributed by atoms with Gasteiger partial charge in [0.1, 0.15) is 11.9 Å². The van der Waals surface area contributed by atoms with Crippen molar-refractivity contribution in [1.82, 2.24) is 10.2 Å². The molecular weight excluding hydrogens is 468 g/mol. The molecule has 3 rings (SSSR count). The number of hydrogen-bond acceptors (Lipinski definition) is 4. The summed E-state index contributed by atoms with van der Waals surface area (Å²) >= 11 is 1.01. The lowest BCUT2D eigenvalue weighted by Gasteiger charge is -2.31. The van der Waals surface area contributed by atoms with Crippen LogP contribution >= 0.6 is 11.8 Å². The van der Waals surface area contributed by atoms with Gasteiger partial charge in [0.2, 0.25) is 0 Å². The molecule has 11 heteroatoms. The largest absolute Gasteiger partial charge is 0.416 e. The van der Waals surface area contributed by atoms with E-state index in [0.29, 0.717) is 42.7 Å². The molecule has 1 amide bonds. The number of allylic oxidation sites excluding steroid dienone is 1. The number of amides is 1. The van der Waals surface area contributed by atoms with Gasteiger partial charge in [0.05, 0.1) is 16.0 Å². The zero-order chi connectivity index (χ0) is 24.4. The van der Waals surface area contributed by atoms with Gasteiger partial charge >= 0.3 is 12.4 Å². The number of carbonyl (C=O) groups excluding carboxylic acids is 1. The Morgan fingerprint density at radius 3 is 2.48 bits per heavy atom.